The third kappa shape index (κ3) is 3.36. The molecule has 0 aliphatic carbocycles. The molecule has 0 aromatic heterocycles. The van der Waals surface area contributed by atoms with Crippen LogP contribution < -0.4 is 9.64 Å². The van der Waals surface area contributed by atoms with Crippen molar-refractivity contribution < 1.29 is 18.3 Å². The van der Waals surface area contributed by atoms with Gasteiger partial charge in [0.05, 0.1) is 6.04 Å². The standard InChI is InChI=1S/C18H16ClF2NO2/c1-11(13-3-2-4-15(9-13)24-18(20)21)22-16-10-14(19)7-5-12(16)6-8-17(22)23/h2-5,7,9-11,18H,6,8H2,1H3. The van der Waals surface area contributed by atoms with E-state index in [2.05, 4.69) is 4.74 Å². The summed E-state index contributed by atoms with van der Waals surface area (Å²) in [6.07, 6.45) is 1.08. The maximum absolute atomic E-state index is 12.5. The van der Waals surface area contributed by atoms with Crippen LogP contribution in [0.25, 0.3) is 0 Å². The van der Waals surface area contributed by atoms with Crippen LogP contribution in [0.2, 0.25) is 5.02 Å². The van der Waals surface area contributed by atoms with Gasteiger partial charge in [-0.1, -0.05) is 29.8 Å². The monoisotopic (exact) mass is 351 g/mol. The zero-order valence-electron chi connectivity index (χ0n) is 13.0. The van der Waals surface area contributed by atoms with E-state index < -0.39 is 6.61 Å². The molecule has 0 N–H and O–H groups in total. The maximum atomic E-state index is 12.5. The van der Waals surface area contributed by atoms with Gasteiger partial charge in [-0.3, -0.25) is 4.79 Å². The second-order valence-corrected chi connectivity index (χ2v) is 6.10. The average Bonchev–Trinajstić information content (AvgIpc) is 2.53. The number of carbonyl (C=O) groups is 1. The van der Waals surface area contributed by atoms with Crippen LogP contribution in [0.4, 0.5) is 14.5 Å². The highest BCUT2D eigenvalue weighted by molar-refractivity contribution is 6.31. The number of hydrogen-bond acceptors (Lipinski definition) is 2. The molecule has 2 aromatic carbocycles. The van der Waals surface area contributed by atoms with Crippen LogP contribution in [0.1, 0.15) is 30.5 Å². The molecule has 1 aliphatic rings. The van der Waals surface area contributed by atoms with Crippen molar-refractivity contribution in [1.29, 1.82) is 0 Å². The Bertz CT molecular complexity index is 766. The number of anilines is 1. The molecule has 1 amide bonds. The molecule has 6 heteroatoms. The molecule has 0 radical (unpaired) electrons. The van der Waals surface area contributed by atoms with Gasteiger partial charge < -0.3 is 9.64 Å². The summed E-state index contributed by atoms with van der Waals surface area (Å²) in [5.41, 5.74) is 2.53. The maximum Gasteiger partial charge on any atom is 0.387 e. The van der Waals surface area contributed by atoms with E-state index in [9.17, 15) is 13.6 Å². The van der Waals surface area contributed by atoms with Gasteiger partial charge in [0, 0.05) is 17.1 Å². The van der Waals surface area contributed by atoms with Crippen molar-refractivity contribution in [3.8, 4) is 5.75 Å². The summed E-state index contributed by atoms with van der Waals surface area (Å²) in [6.45, 7) is -1.03. The van der Waals surface area contributed by atoms with Gasteiger partial charge in [-0.25, -0.2) is 0 Å². The minimum atomic E-state index is -2.88. The third-order valence-corrected chi connectivity index (χ3v) is 4.37. The van der Waals surface area contributed by atoms with Crippen LogP contribution in [0, 0.1) is 0 Å². The van der Waals surface area contributed by atoms with Crippen LogP contribution >= 0.6 is 11.6 Å². The first-order valence-corrected chi connectivity index (χ1v) is 7.99. The summed E-state index contributed by atoms with van der Waals surface area (Å²) in [4.78, 5) is 14.2. The second kappa shape index (κ2) is 6.77. The van der Waals surface area contributed by atoms with Crippen LogP contribution in [-0.4, -0.2) is 12.5 Å². The highest BCUT2D eigenvalue weighted by Crippen LogP contribution is 2.37. The van der Waals surface area contributed by atoms with E-state index in [1.807, 2.05) is 13.0 Å². The fourth-order valence-corrected chi connectivity index (χ4v) is 3.16. The predicted octanol–water partition coefficient (Wildman–Crippen LogP) is 4.98. The number of alkyl halides is 2. The number of aryl methyl sites for hydroxylation is 1. The molecule has 1 unspecified atom stereocenters. The smallest absolute Gasteiger partial charge is 0.387 e. The van der Waals surface area contributed by atoms with Gasteiger partial charge in [0.2, 0.25) is 5.91 Å². The van der Waals surface area contributed by atoms with Crippen LogP contribution in [0.15, 0.2) is 42.5 Å². The Morgan fingerprint density at radius 2 is 1.96 bits per heavy atom. The molecule has 0 fully saturated rings. The molecule has 3 rings (SSSR count). The highest BCUT2D eigenvalue weighted by atomic mass is 35.5. The fourth-order valence-electron chi connectivity index (χ4n) is 2.99. The molecule has 3 nitrogen and oxygen atoms in total. The highest BCUT2D eigenvalue weighted by Gasteiger charge is 2.29. The molecule has 1 heterocycles. The summed E-state index contributed by atoms with van der Waals surface area (Å²) >= 11 is 6.08. The van der Waals surface area contributed by atoms with Gasteiger partial charge in [-0.15, -0.1) is 0 Å². The largest absolute Gasteiger partial charge is 0.435 e. The molecule has 1 atom stereocenters. The number of carbonyl (C=O) groups excluding carboxylic acids is 1. The fraction of sp³-hybridized carbons (Fsp3) is 0.278. The first kappa shape index (κ1) is 16.7. The minimum absolute atomic E-state index is 0.0163. The van der Waals surface area contributed by atoms with Crippen molar-refractivity contribution >= 4 is 23.2 Å². The molecule has 2 aromatic rings. The molecule has 1 aliphatic heterocycles. The van der Waals surface area contributed by atoms with Gasteiger partial charge >= 0.3 is 6.61 Å². The van der Waals surface area contributed by atoms with Gasteiger partial charge in [0.1, 0.15) is 5.75 Å². The second-order valence-electron chi connectivity index (χ2n) is 5.66. The van der Waals surface area contributed by atoms with Crippen molar-refractivity contribution in [3.05, 3.63) is 58.6 Å². The normalized spacial score (nSPS) is 15.4. The summed E-state index contributed by atoms with van der Waals surface area (Å²) in [5.74, 6) is 0.0579. The predicted molar refractivity (Wildman–Crippen MR) is 88.7 cm³/mol. The van der Waals surface area contributed by atoms with E-state index in [1.54, 1.807) is 29.2 Å². The molecule has 0 bridgehead atoms. The Balaban J connectivity index is 1.96. The van der Waals surface area contributed by atoms with E-state index in [4.69, 9.17) is 11.6 Å². The summed E-state index contributed by atoms with van der Waals surface area (Å²) in [7, 11) is 0. The Morgan fingerprint density at radius 1 is 1.17 bits per heavy atom. The Morgan fingerprint density at radius 3 is 2.71 bits per heavy atom. The van der Waals surface area contributed by atoms with Gasteiger partial charge in [-0.05, 0) is 48.7 Å². The van der Waals surface area contributed by atoms with Gasteiger partial charge in [0.25, 0.3) is 0 Å². The van der Waals surface area contributed by atoms with E-state index in [-0.39, 0.29) is 17.7 Å². The average molecular weight is 352 g/mol. The molecule has 126 valence electrons. The van der Waals surface area contributed by atoms with E-state index in [0.717, 1.165) is 11.3 Å². The minimum Gasteiger partial charge on any atom is -0.435 e. The van der Waals surface area contributed by atoms with Crippen molar-refractivity contribution in [2.75, 3.05) is 4.90 Å². The van der Waals surface area contributed by atoms with E-state index in [1.165, 1.54) is 12.1 Å². The summed E-state index contributed by atoms with van der Waals surface area (Å²) < 4.78 is 29.3. The molecule has 0 saturated heterocycles. The zero-order chi connectivity index (χ0) is 17.3. The SMILES string of the molecule is CC(c1cccc(OC(F)F)c1)N1C(=O)CCc2ccc(Cl)cc21. The lowest BCUT2D eigenvalue weighted by Gasteiger charge is -2.35. The lowest BCUT2D eigenvalue weighted by atomic mass is 9.97. The molecular weight excluding hydrogens is 336 g/mol. The quantitative estimate of drug-likeness (QED) is 0.777. The van der Waals surface area contributed by atoms with Crippen LogP contribution in [0.3, 0.4) is 0 Å². The molecule has 0 spiro atoms. The topological polar surface area (TPSA) is 29.5 Å². The first-order chi connectivity index (χ1) is 11.5. The number of hydrogen-bond donors (Lipinski definition) is 0. The number of halogens is 3. The Kier molecular flexibility index (Phi) is 4.71. The number of ether oxygens (including phenoxy) is 1. The van der Waals surface area contributed by atoms with Crippen molar-refractivity contribution in [3.63, 3.8) is 0 Å². The van der Waals surface area contributed by atoms with Gasteiger partial charge in [0.15, 0.2) is 0 Å². The zero-order valence-corrected chi connectivity index (χ0v) is 13.8. The number of benzene rings is 2. The van der Waals surface area contributed by atoms with Crippen molar-refractivity contribution in [1.82, 2.24) is 0 Å². The molecular formula is C18H16ClF2NO2. The van der Waals surface area contributed by atoms with E-state index in [0.29, 0.717) is 23.4 Å². The first-order valence-electron chi connectivity index (χ1n) is 7.61. The summed E-state index contributed by atoms with van der Waals surface area (Å²) in [5, 5.41) is 0.551. The lowest BCUT2D eigenvalue weighted by molar-refractivity contribution is -0.119. The Hall–Kier alpha value is -2.14. The lowest BCUT2D eigenvalue weighted by Crippen LogP contribution is -2.37. The number of rotatable bonds is 4. The molecule has 0 saturated carbocycles. The number of amides is 1. The van der Waals surface area contributed by atoms with Crippen molar-refractivity contribution in [2.45, 2.75) is 32.4 Å². The summed E-state index contributed by atoms with van der Waals surface area (Å²) in [6, 6.07) is 11.6. The number of nitrogens with zero attached hydrogens (tertiary/aromatic N) is 1. The molecule has 24 heavy (non-hydrogen) atoms. The van der Waals surface area contributed by atoms with Crippen LogP contribution in [0.5, 0.6) is 5.75 Å². The number of fused-ring (bicyclic) bond motifs is 1. The van der Waals surface area contributed by atoms with Crippen molar-refractivity contribution in [2.24, 2.45) is 0 Å². The van der Waals surface area contributed by atoms with Gasteiger partial charge in [-0.2, -0.15) is 8.78 Å². The Labute approximate surface area is 143 Å². The third-order valence-electron chi connectivity index (χ3n) is 4.14. The van der Waals surface area contributed by atoms with E-state index >= 15 is 0 Å². The van der Waals surface area contributed by atoms with Crippen LogP contribution in [-0.2, 0) is 11.2 Å².